The standard InChI is InChI=1S/C22H25ClFN3O4.ClH/c1-25-10-16(23)12-5-7-26(8-6-12)19-17(24)9-14-18(21(19)31-2)27(13-3-4-13)11-15(20(14)28)22(29)30;/h9,11,13,25H,3-8,10H2,1-2H3,(H,29,30);1H. The van der Waals surface area contributed by atoms with Crippen LogP contribution in [0.4, 0.5) is 10.1 Å². The van der Waals surface area contributed by atoms with Crippen molar-refractivity contribution in [1.82, 2.24) is 9.88 Å². The lowest BCUT2D eigenvalue weighted by Crippen LogP contribution is -2.32. The number of methoxy groups -OCH3 is 1. The molecule has 2 fully saturated rings. The number of benzene rings is 1. The second-order valence-corrected chi connectivity index (χ2v) is 8.43. The van der Waals surface area contributed by atoms with Crippen LogP contribution in [0.25, 0.3) is 10.9 Å². The van der Waals surface area contributed by atoms with Gasteiger partial charge in [0.1, 0.15) is 11.3 Å². The third-order valence-electron chi connectivity index (χ3n) is 5.97. The summed E-state index contributed by atoms with van der Waals surface area (Å²) in [5, 5.41) is 13.3. The number of aromatic carboxylic acids is 1. The maximum atomic E-state index is 15.3. The number of rotatable bonds is 6. The van der Waals surface area contributed by atoms with E-state index in [1.54, 1.807) is 4.57 Å². The number of ether oxygens (including phenoxy) is 1. The third kappa shape index (κ3) is 4.31. The maximum Gasteiger partial charge on any atom is 0.341 e. The minimum absolute atomic E-state index is 0. The number of carbonyl (C=O) groups is 1. The average molecular weight is 486 g/mol. The van der Waals surface area contributed by atoms with Gasteiger partial charge in [0.2, 0.25) is 5.43 Å². The second-order valence-electron chi connectivity index (χ2n) is 7.98. The number of nitrogens with zero attached hydrogens (tertiary/aromatic N) is 2. The van der Waals surface area contributed by atoms with E-state index in [2.05, 4.69) is 5.32 Å². The number of likely N-dealkylation sites (N-methyl/N-ethyl adjacent to an activating group) is 1. The molecule has 32 heavy (non-hydrogen) atoms. The number of fused-ring (bicyclic) bond motifs is 1. The Morgan fingerprint density at radius 3 is 2.53 bits per heavy atom. The predicted molar refractivity (Wildman–Crippen MR) is 125 cm³/mol. The summed E-state index contributed by atoms with van der Waals surface area (Å²) in [7, 11) is 3.28. The summed E-state index contributed by atoms with van der Waals surface area (Å²) in [6.45, 7) is 1.73. The molecule has 1 saturated carbocycles. The highest BCUT2D eigenvalue weighted by Crippen LogP contribution is 2.44. The summed E-state index contributed by atoms with van der Waals surface area (Å²) in [6, 6.07) is 1.23. The number of piperidine rings is 1. The van der Waals surface area contributed by atoms with Gasteiger partial charge in [-0.25, -0.2) is 9.18 Å². The lowest BCUT2D eigenvalue weighted by atomic mass is 10.0. The molecule has 10 heteroatoms. The normalized spacial score (nSPS) is 16.1. The number of aromatic nitrogens is 1. The molecule has 1 aliphatic heterocycles. The molecule has 0 spiro atoms. The number of carboxylic acid groups (broad SMARTS) is 1. The van der Waals surface area contributed by atoms with E-state index in [0.29, 0.717) is 43.7 Å². The van der Waals surface area contributed by atoms with Gasteiger partial charge in [-0.3, -0.25) is 4.79 Å². The van der Waals surface area contributed by atoms with Gasteiger partial charge in [-0.05, 0) is 38.8 Å². The number of carboxylic acids is 1. The Kier molecular flexibility index (Phi) is 7.37. The van der Waals surface area contributed by atoms with E-state index in [1.807, 2.05) is 11.9 Å². The van der Waals surface area contributed by atoms with Crippen molar-refractivity contribution in [2.75, 3.05) is 38.7 Å². The number of hydrogen-bond donors (Lipinski definition) is 2. The molecule has 0 amide bonds. The van der Waals surface area contributed by atoms with Crippen LogP contribution in [0.1, 0.15) is 42.1 Å². The molecular formula is C22H26Cl2FN3O4. The molecule has 2 aromatic rings. The smallest absolute Gasteiger partial charge is 0.341 e. The molecule has 0 unspecified atom stereocenters. The van der Waals surface area contributed by atoms with E-state index in [0.717, 1.165) is 29.5 Å². The summed E-state index contributed by atoms with van der Waals surface area (Å²) in [5.74, 6) is -1.65. The van der Waals surface area contributed by atoms with Crippen LogP contribution in [-0.2, 0) is 0 Å². The molecule has 2 N–H and O–H groups in total. The minimum atomic E-state index is -1.32. The van der Waals surface area contributed by atoms with Gasteiger partial charge in [-0.1, -0.05) is 17.2 Å². The highest BCUT2D eigenvalue weighted by Gasteiger charge is 2.32. The fourth-order valence-electron chi connectivity index (χ4n) is 4.28. The molecule has 4 rings (SSSR count). The van der Waals surface area contributed by atoms with Crippen molar-refractivity contribution < 1.29 is 19.0 Å². The molecule has 1 aromatic carbocycles. The summed E-state index contributed by atoms with van der Waals surface area (Å²) in [5.41, 5.74) is 0.835. The lowest BCUT2D eigenvalue weighted by molar-refractivity contribution is 0.0695. The molecule has 1 aromatic heterocycles. The van der Waals surface area contributed by atoms with Gasteiger partial charge in [0, 0.05) is 36.9 Å². The van der Waals surface area contributed by atoms with Crippen molar-refractivity contribution in [1.29, 1.82) is 0 Å². The minimum Gasteiger partial charge on any atom is -0.492 e. The van der Waals surface area contributed by atoms with Crippen LogP contribution in [0.5, 0.6) is 5.75 Å². The zero-order valence-electron chi connectivity index (χ0n) is 17.9. The monoisotopic (exact) mass is 485 g/mol. The molecule has 0 radical (unpaired) electrons. The molecular weight excluding hydrogens is 460 g/mol. The van der Waals surface area contributed by atoms with Crippen LogP contribution < -0.4 is 20.4 Å². The second kappa shape index (κ2) is 9.68. The maximum absolute atomic E-state index is 15.3. The molecule has 0 atom stereocenters. The first-order valence-electron chi connectivity index (χ1n) is 10.3. The van der Waals surface area contributed by atoms with Crippen LogP contribution in [-0.4, -0.2) is 49.4 Å². The Morgan fingerprint density at radius 1 is 1.34 bits per heavy atom. The van der Waals surface area contributed by atoms with Crippen molar-refractivity contribution in [3.63, 3.8) is 0 Å². The fraction of sp³-hybridized carbons (Fsp3) is 0.455. The van der Waals surface area contributed by atoms with Gasteiger partial charge >= 0.3 is 5.97 Å². The van der Waals surface area contributed by atoms with Crippen molar-refractivity contribution in [2.45, 2.75) is 31.7 Å². The summed E-state index contributed by atoms with van der Waals surface area (Å²) in [4.78, 5) is 26.3. The highest BCUT2D eigenvalue weighted by molar-refractivity contribution is 6.30. The number of halogens is 3. The van der Waals surface area contributed by atoms with Crippen LogP contribution in [0.3, 0.4) is 0 Å². The molecule has 1 saturated heterocycles. The largest absolute Gasteiger partial charge is 0.492 e. The van der Waals surface area contributed by atoms with E-state index in [-0.39, 0.29) is 35.1 Å². The van der Waals surface area contributed by atoms with Crippen LogP contribution in [0.2, 0.25) is 0 Å². The quantitative estimate of drug-likeness (QED) is 0.644. The Morgan fingerprint density at radius 2 is 2.00 bits per heavy atom. The Bertz CT molecular complexity index is 1130. The van der Waals surface area contributed by atoms with E-state index in [1.165, 1.54) is 13.3 Å². The van der Waals surface area contributed by atoms with Gasteiger partial charge in [0.25, 0.3) is 0 Å². The Labute approximate surface area is 196 Å². The van der Waals surface area contributed by atoms with E-state index in [9.17, 15) is 14.7 Å². The van der Waals surface area contributed by atoms with Crippen molar-refractivity contribution in [3.8, 4) is 5.75 Å². The first-order valence-corrected chi connectivity index (χ1v) is 10.7. The van der Waals surface area contributed by atoms with E-state index in [4.69, 9.17) is 16.3 Å². The summed E-state index contributed by atoms with van der Waals surface area (Å²) >= 11 is 6.36. The van der Waals surface area contributed by atoms with Gasteiger partial charge in [-0.15, -0.1) is 12.4 Å². The topological polar surface area (TPSA) is 83.8 Å². The van der Waals surface area contributed by atoms with Gasteiger partial charge in [0.05, 0.1) is 18.0 Å². The Hall–Kier alpha value is -2.29. The molecule has 7 nitrogen and oxygen atoms in total. The molecule has 174 valence electrons. The molecule has 1 aliphatic carbocycles. The highest BCUT2D eigenvalue weighted by atomic mass is 35.5. The lowest BCUT2D eigenvalue weighted by Gasteiger charge is -2.33. The van der Waals surface area contributed by atoms with Crippen molar-refractivity contribution in [3.05, 3.63) is 44.5 Å². The average Bonchev–Trinajstić information content (AvgIpc) is 3.59. The number of hydrogen-bond acceptors (Lipinski definition) is 5. The zero-order valence-corrected chi connectivity index (χ0v) is 19.5. The zero-order chi connectivity index (χ0) is 22.3. The summed E-state index contributed by atoms with van der Waals surface area (Å²) < 4.78 is 22.7. The van der Waals surface area contributed by atoms with Crippen LogP contribution >= 0.6 is 24.0 Å². The molecule has 0 bridgehead atoms. The SMILES string of the molecule is CNCC(Cl)=C1CCN(c2c(F)cc3c(=O)c(C(=O)O)cn(C4CC4)c3c2OC)CC1.Cl. The van der Waals surface area contributed by atoms with E-state index >= 15 is 4.39 Å². The molecule has 2 heterocycles. The first-order chi connectivity index (χ1) is 14.9. The molecule has 2 aliphatic rings. The fourth-order valence-corrected chi connectivity index (χ4v) is 4.60. The summed E-state index contributed by atoms with van der Waals surface area (Å²) in [6.07, 6.45) is 4.51. The predicted octanol–water partition coefficient (Wildman–Crippen LogP) is 3.92. The number of pyridine rings is 1. The van der Waals surface area contributed by atoms with Crippen LogP contribution in [0, 0.1) is 5.82 Å². The van der Waals surface area contributed by atoms with Crippen molar-refractivity contribution in [2.24, 2.45) is 0 Å². The van der Waals surface area contributed by atoms with Crippen molar-refractivity contribution >= 4 is 46.6 Å². The Balaban J connectivity index is 0.00000289. The third-order valence-corrected chi connectivity index (χ3v) is 6.37. The van der Waals surface area contributed by atoms with Gasteiger partial charge in [0.15, 0.2) is 11.6 Å². The first kappa shape index (κ1) is 24.4. The van der Waals surface area contributed by atoms with Crippen LogP contribution in [0.15, 0.2) is 27.7 Å². The van der Waals surface area contributed by atoms with Gasteiger partial charge < -0.3 is 24.6 Å². The number of anilines is 1. The van der Waals surface area contributed by atoms with Gasteiger partial charge in [-0.2, -0.15) is 0 Å². The number of nitrogens with one attached hydrogen (secondary N) is 1. The van der Waals surface area contributed by atoms with E-state index < -0.39 is 17.2 Å².